The molecule has 1 aromatic rings. The third-order valence-corrected chi connectivity index (χ3v) is 2.57. The molecule has 0 saturated carbocycles. The molecule has 0 amide bonds. The zero-order valence-electron chi connectivity index (χ0n) is 7.98. The van der Waals surface area contributed by atoms with Gasteiger partial charge in [0.2, 0.25) is 0 Å². The molecule has 2 N–H and O–H groups in total. The van der Waals surface area contributed by atoms with E-state index >= 15 is 0 Å². The van der Waals surface area contributed by atoms with E-state index in [4.69, 9.17) is 5.21 Å². The molecule has 1 aliphatic rings. The Morgan fingerprint density at radius 3 is 2.71 bits per heavy atom. The molecule has 1 aromatic carbocycles. The summed E-state index contributed by atoms with van der Waals surface area (Å²) in [6.07, 6.45) is 2.20. The first-order valence-electron chi connectivity index (χ1n) is 4.92. The van der Waals surface area contributed by atoms with E-state index in [9.17, 15) is 0 Å². The van der Waals surface area contributed by atoms with E-state index in [1.165, 1.54) is 0 Å². The fraction of sp³-hybridized carbons (Fsp3) is 0.364. The first-order chi connectivity index (χ1) is 6.92. The maximum Gasteiger partial charge on any atom is 0.104 e. The molecule has 1 heterocycles. The Morgan fingerprint density at radius 2 is 2.14 bits per heavy atom. The summed E-state index contributed by atoms with van der Waals surface area (Å²) in [4.78, 5) is 0. The van der Waals surface area contributed by atoms with Crippen molar-refractivity contribution in [2.75, 3.05) is 6.54 Å². The summed E-state index contributed by atoms with van der Waals surface area (Å²) >= 11 is 0. The van der Waals surface area contributed by atoms with Crippen molar-refractivity contribution in [2.45, 2.75) is 18.9 Å². The zero-order chi connectivity index (χ0) is 9.80. The second kappa shape index (κ2) is 4.24. The Bertz CT molecular complexity index is 315. The van der Waals surface area contributed by atoms with Crippen LogP contribution in [0.15, 0.2) is 35.5 Å². The van der Waals surface area contributed by atoms with Gasteiger partial charge in [-0.15, -0.1) is 0 Å². The highest BCUT2D eigenvalue weighted by Gasteiger charge is 2.21. The lowest BCUT2D eigenvalue weighted by atomic mass is 10.0. The molecule has 1 atom stereocenters. The van der Waals surface area contributed by atoms with Crippen LogP contribution in [0, 0.1) is 0 Å². The average molecular weight is 190 g/mol. The van der Waals surface area contributed by atoms with Crippen LogP contribution in [0.3, 0.4) is 0 Å². The van der Waals surface area contributed by atoms with Gasteiger partial charge in [-0.3, -0.25) is 0 Å². The molecular weight excluding hydrogens is 176 g/mol. The highest BCUT2D eigenvalue weighted by Crippen LogP contribution is 2.12. The standard InChI is InChI=1S/C11H14N2O/c14-13-11(10-7-4-8-12-10)9-5-2-1-3-6-9/h1-3,5-6,10,12,14H,4,7-8H2/b13-11+. The molecule has 1 fully saturated rings. The Labute approximate surface area is 83.4 Å². The molecule has 2 rings (SSSR count). The van der Waals surface area contributed by atoms with Gasteiger partial charge < -0.3 is 10.5 Å². The smallest absolute Gasteiger partial charge is 0.104 e. The molecule has 1 saturated heterocycles. The number of hydrogen-bond acceptors (Lipinski definition) is 3. The Morgan fingerprint density at radius 1 is 1.36 bits per heavy atom. The van der Waals surface area contributed by atoms with Crippen LogP contribution in [-0.2, 0) is 0 Å². The van der Waals surface area contributed by atoms with E-state index in [1.54, 1.807) is 0 Å². The molecule has 0 bridgehead atoms. The lowest BCUT2D eigenvalue weighted by Gasteiger charge is -2.11. The SMILES string of the molecule is O/N=C(\c1ccccc1)C1CCCN1. The number of oxime groups is 1. The summed E-state index contributed by atoms with van der Waals surface area (Å²) in [5, 5.41) is 15.7. The van der Waals surface area contributed by atoms with Gasteiger partial charge in [0.05, 0.1) is 6.04 Å². The van der Waals surface area contributed by atoms with Crippen LogP contribution >= 0.6 is 0 Å². The van der Waals surface area contributed by atoms with Crippen LogP contribution in [0.1, 0.15) is 18.4 Å². The summed E-state index contributed by atoms with van der Waals surface area (Å²) in [6.45, 7) is 1.01. The maximum atomic E-state index is 8.99. The van der Waals surface area contributed by atoms with Crippen molar-refractivity contribution in [3.8, 4) is 0 Å². The molecule has 1 unspecified atom stereocenters. The van der Waals surface area contributed by atoms with Crippen molar-refractivity contribution in [1.82, 2.24) is 5.32 Å². The molecule has 3 nitrogen and oxygen atoms in total. The van der Waals surface area contributed by atoms with Gasteiger partial charge in [-0.25, -0.2) is 0 Å². The molecule has 0 aromatic heterocycles. The summed E-state index contributed by atoms with van der Waals surface area (Å²) in [7, 11) is 0. The van der Waals surface area contributed by atoms with E-state index in [0.29, 0.717) is 0 Å². The second-order valence-electron chi connectivity index (χ2n) is 3.50. The van der Waals surface area contributed by atoms with Crippen LogP contribution in [0.25, 0.3) is 0 Å². The Balaban J connectivity index is 2.22. The summed E-state index contributed by atoms with van der Waals surface area (Å²) in [5.74, 6) is 0. The van der Waals surface area contributed by atoms with Crippen LogP contribution in [0.2, 0.25) is 0 Å². The number of rotatable bonds is 2. The third-order valence-electron chi connectivity index (χ3n) is 2.57. The molecule has 14 heavy (non-hydrogen) atoms. The van der Waals surface area contributed by atoms with Crippen LogP contribution in [-0.4, -0.2) is 23.5 Å². The van der Waals surface area contributed by atoms with E-state index < -0.39 is 0 Å². The Kier molecular flexibility index (Phi) is 2.79. The monoisotopic (exact) mass is 190 g/mol. The van der Waals surface area contributed by atoms with Crippen LogP contribution < -0.4 is 5.32 Å². The lowest BCUT2D eigenvalue weighted by Crippen LogP contribution is -2.31. The van der Waals surface area contributed by atoms with Gasteiger partial charge in [-0.05, 0) is 19.4 Å². The van der Waals surface area contributed by atoms with Gasteiger partial charge in [-0.1, -0.05) is 35.5 Å². The third kappa shape index (κ3) is 1.77. The predicted octanol–water partition coefficient (Wildman–Crippen LogP) is 1.62. The predicted molar refractivity (Wildman–Crippen MR) is 55.8 cm³/mol. The van der Waals surface area contributed by atoms with Crippen molar-refractivity contribution in [1.29, 1.82) is 0 Å². The largest absolute Gasteiger partial charge is 0.411 e. The van der Waals surface area contributed by atoms with E-state index in [0.717, 1.165) is 30.7 Å². The van der Waals surface area contributed by atoms with Gasteiger partial charge in [0.25, 0.3) is 0 Å². The van der Waals surface area contributed by atoms with Crippen molar-refractivity contribution in [3.63, 3.8) is 0 Å². The molecule has 3 heteroatoms. The quantitative estimate of drug-likeness (QED) is 0.423. The minimum Gasteiger partial charge on any atom is -0.411 e. The minimum absolute atomic E-state index is 0.211. The van der Waals surface area contributed by atoms with Crippen molar-refractivity contribution in [3.05, 3.63) is 35.9 Å². The van der Waals surface area contributed by atoms with Crippen LogP contribution in [0.4, 0.5) is 0 Å². The van der Waals surface area contributed by atoms with Crippen molar-refractivity contribution >= 4 is 5.71 Å². The first kappa shape index (κ1) is 9.21. The molecule has 0 aliphatic carbocycles. The summed E-state index contributed by atoms with van der Waals surface area (Å²) < 4.78 is 0. The van der Waals surface area contributed by atoms with Crippen LogP contribution in [0.5, 0.6) is 0 Å². The number of benzene rings is 1. The highest BCUT2D eigenvalue weighted by molar-refractivity contribution is 6.04. The minimum atomic E-state index is 0.211. The number of nitrogens with one attached hydrogen (secondary N) is 1. The topological polar surface area (TPSA) is 44.6 Å². The average Bonchev–Trinajstić information content (AvgIpc) is 2.74. The van der Waals surface area contributed by atoms with E-state index in [1.807, 2.05) is 30.3 Å². The second-order valence-corrected chi connectivity index (χ2v) is 3.50. The van der Waals surface area contributed by atoms with Gasteiger partial charge in [0.15, 0.2) is 0 Å². The highest BCUT2D eigenvalue weighted by atomic mass is 16.4. The fourth-order valence-corrected chi connectivity index (χ4v) is 1.86. The Hall–Kier alpha value is -1.35. The fourth-order valence-electron chi connectivity index (χ4n) is 1.86. The lowest BCUT2D eigenvalue weighted by molar-refractivity contribution is 0.316. The molecule has 1 aliphatic heterocycles. The zero-order valence-corrected chi connectivity index (χ0v) is 7.98. The summed E-state index contributed by atoms with van der Waals surface area (Å²) in [5.41, 5.74) is 1.75. The van der Waals surface area contributed by atoms with Crippen molar-refractivity contribution < 1.29 is 5.21 Å². The summed E-state index contributed by atoms with van der Waals surface area (Å²) in [6, 6.07) is 10.0. The van der Waals surface area contributed by atoms with Crippen molar-refractivity contribution in [2.24, 2.45) is 5.16 Å². The number of hydrogen-bond donors (Lipinski definition) is 2. The van der Waals surface area contributed by atoms with Gasteiger partial charge in [0.1, 0.15) is 5.71 Å². The molecule has 0 radical (unpaired) electrons. The van der Waals surface area contributed by atoms with E-state index in [2.05, 4.69) is 10.5 Å². The first-order valence-corrected chi connectivity index (χ1v) is 4.92. The van der Waals surface area contributed by atoms with Gasteiger partial charge in [0, 0.05) is 5.56 Å². The van der Waals surface area contributed by atoms with Gasteiger partial charge in [-0.2, -0.15) is 0 Å². The normalized spacial score (nSPS) is 22.6. The molecular formula is C11H14N2O. The van der Waals surface area contributed by atoms with Gasteiger partial charge >= 0.3 is 0 Å². The molecule has 74 valence electrons. The molecule has 0 spiro atoms. The maximum absolute atomic E-state index is 8.99. The number of nitrogens with zero attached hydrogens (tertiary/aromatic N) is 1. The van der Waals surface area contributed by atoms with E-state index in [-0.39, 0.29) is 6.04 Å².